The molecule has 0 bridgehead atoms. The van der Waals surface area contributed by atoms with Crippen LogP contribution in [-0.2, 0) is 9.59 Å². The van der Waals surface area contributed by atoms with E-state index in [2.05, 4.69) is 25.5 Å². The maximum absolute atomic E-state index is 12.1. The van der Waals surface area contributed by atoms with Crippen molar-refractivity contribution in [2.24, 2.45) is 5.92 Å². The number of carbonyl (C=O) groups excluding carboxylic acids is 2. The number of carbonyl (C=O) groups is 2. The summed E-state index contributed by atoms with van der Waals surface area (Å²) in [5.41, 5.74) is 0. The summed E-state index contributed by atoms with van der Waals surface area (Å²) in [6.07, 6.45) is 3.18. The van der Waals surface area contributed by atoms with Gasteiger partial charge in [-0.05, 0) is 12.8 Å². The fraction of sp³-hybridized carbons (Fsp3) is 0.600. The molecule has 23 heavy (non-hydrogen) atoms. The molecule has 2 rings (SSSR count). The number of methoxy groups -OCH3 is 1. The molecule has 1 fully saturated rings. The lowest BCUT2D eigenvalue weighted by Crippen LogP contribution is -2.42. The van der Waals surface area contributed by atoms with Crippen LogP contribution in [0.1, 0.15) is 19.8 Å². The van der Waals surface area contributed by atoms with Gasteiger partial charge in [-0.3, -0.25) is 9.59 Å². The molecular formula is C15H23N5O3. The topological polar surface area (TPSA) is 96.5 Å². The fourth-order valence-corrected chi connectivity index (χ4v) is 2.51. The molecule has 2 N–H and O–H groups in total. The summed E-state index contributed by atoms with van der Waals surface area (Å²) in [7, 11) is 1.57. The Labute approximate surface area is 135 Å². The number of aromatic nitrogens is 2. The van der Waals surface area contributed by atoms with E-state index in [0.29, 0.717) is 24.9 Å². The summed E-state index contributed by atoms with van der Waals surface area (Å²) < 4.78 is 5.10. The normalized spacial score (nSPS) is 15.1. The highest BCUT2D eigenvalue weighted by molar-refractivity contribution is 5.79. The van der Waals surface area contributed by atoms with Crippen LogP contribution in [0, 0.1) is 5.92 Å². The second kappa shape index (κ2) is 8.30. The highest BCUT2D eigenvalue weighted by Crippen LogP contribution is 2.21. The van der Waals surface area contributed by atoms with E-state index >= 15 is 0 Å². The maximum atomic E-state index is 12.1. The zero-order chi connectivity index (χ0) is 16.7. The van der Waals surface area contributed by atoms with Crippen LogP contribution in [0.4, 0.5) is 5.95 Å². The molecule has 0 unspecified atom stereocenters. The van der Waals surface area contributed by atoms with Crippen LogP contribution in [0.2, 0.25) is 0 Å². The molecule has 2 amide bonds. The van der Waals surface area contributed by atoms with Gasteiger partial charge in [-0.1, -0.05) is 0 Å². The van der Waals surface area contributed by atoms with Crippen molar-refractivity contribution in [2.75, 3.05) is 38.2 Å². The molecule has 1 saturated heterocycles. The first-order chi connectivity index (χ1) is 11.1. The Kier molecular flexibility index (Phi) is 6.13. The number of ether oxygens (including phenoxy) is 1. The summed E-state index contributed by atoms with van der Waals surface area (Å²) in [5.74, 6) is 1.11. The highest BCUT2D eigenvalue weighted by Gasteiger charge is 2.26. The molecule has 1 aliphatic rings. The van der Waals surface area contributed by atoms with E-state index in [1.807, 2.05) is 0 Å². The molecule has 126 valence electrons. The molecule has 8 nitrogen and oxygen atoms in total. The lowest BCUT2D eigenvalue weighted by Gasteiger charge is -2.31. The van der Waals surface area contributed by atoms with Crippen molar-refractivity contribution in [3.8, 4) is 5.88 Å². The summed E-state index contributed by atoms with van der Waals surface area (Å²) in [6, 6.07) is 1.71. The number of hydrogen-bond donors (Lipinski definition) is 2. The monoisotopic (exact) mass is 321 g/mol. The van der Waals surface area contributed by atoms with Gasteiger partial charge in [0.15, 0.2) is 0 Å². The number of amides is 2. The second-order valence-electron chi connectivity index (χ2n) is 5.43. The van der Waals surface area contributed by atoms with Crippen LogP contribution in [-0.4, -0.2) is 55.1 Å². The number of anilines is 1. The van der Waals surface area contributed by atoms with Crippen LogP contribution >= 0.6 is 0 Å². The molecule has 8 heteroatoms. The summed E-state index contributed by atoms with van der Waals surface area (Å²) >= 11 is 0. The van der Waals surface area contributed by atoms with Gasteiger partial charge in [-0.25, -0.2) is 4.98 Å². The Balaban J connectivity index is 1.76. The van der Waals surface area contributed by atoms with Crippen LogP contribution in [0.15, 0.2) is 12.3 Å². The number of nitrogens with zero attached hydrogens (tertiary/aromatic N) is 3. The van der Waals surface area contributed by atoms with Crippen molar-refractivity contribution >= 4 is 17.8 Å². The number of nitrogens with one attached hydrogen (secondary N) is 2. The predicted molar refractivity (Wildman–Crippen MR) is 85.2 cm³/mol. The molecule has 1 aromatic rings. The van der Waals surface area contributed by atoms with Crippen LogP contribution in [0.5, 0.6) is 5.88 Å². The standard InChI is InChI=1S/C15H23N5O3/c1-11(21)16-7-8-17-14(22)12-4-9-20(10-5-12)15-18-6-3-13(19-15)23-2/h3,6,12H,4-5,7-10H2,1-2H3,(H,16,21)(H,17,22). The molecule has 0 spiro atoms. The molecule has 0 saturated carbocycles. The smallest absolute Gasteiger partial charge is 0.228 e. The Morgan fingerprint density at radius 1 is 1.30 bits per heavy atom. The Hall–Kier alpha value is -2.38. The molecule has 1 aliphatic heterocycles. The second-order valence-corrected chi connectivity index (χ2v) is 5.43. The molecule has 1 aromatic heterocycles. The van der Waals surface area contributed by atoms with Gasteiger partial charge < -0.3 is 20.3 Å². The summed E-state index contributed by atoms with van der Waals surface area (Å²) in [6.45, 7) is 3.83. The molecular weight excluding hydrogens is 298 g/mol. The highest BCUT2D eigenvalue weighted by atomic mass is 16.5. The van der Waals surface area contributed by atoms with Crippen molar-refractivity contribution in [1.29, 1.82) is 0 Å². The Bertz CT molecular complexity index is 544. The molecule has 0 aliphatic carbocycles. The minimum Gasteiger partial charge on any atom is -0.481 e. The van der Waals surface area contributed by atoms with Gasteiger partial charge in [-0.15, -0.1) is 0 Å². The quantitative estimate of drug-likeness (QED) is 0.713. The number of rotatable bonds is 6. The predicted octanol–water partition coefficient (Wildman–Crippen LogP) is -0.0461. The van der Waals surface area contributed by atoms with E-state index in [4.69, 9.17) is 4.74 Å². The van der Waals surface area contributed by atoms with Crippen molar-refractivity contribution in [3.63, 3.8) is 0 Å². The summed E-state index contributed by atoms with van der Waals surface area (Å²) in [4.78, 5) is 33.5. The summed E-state index contributed by atoms with van der Waals surface area (Å²) in [5, 5.41) is 5.51. The van der Waals surface area contributed by atoms with Crippen molar-refractivity contribution in [1.82, 2.24) is 20.6 Å². The van der Waals surface area contributed by atoms with E-state index in [-0.39, 0.29) is 17.7 Å². The van der Waals surface area contributed by atoms with Gasteiger partial charge in [0.05, 0.1) is 7.11 Å². The minimum atomic E-state index is -0.0918. The van der Waals surface area contributed by atoms with Gasteiger partial charge >= 0.3 is 0 Å². The van der Waals surface area contributed by atoms with Crippen LogP contribution in [0.25, 0.3) is 0 Å². The third-order valence-electron chi connectivity index (χ3n) is 3.77. The van der Waals surface area contributed by atoms with Crippen LogP contribution in [0.3, 0.4) is 0 Å². The molecule has 0 atom stereocenters. The van der Waals surface area contributed by atoms with Crippen molar-refractivity contribution in [2.45, 2.75) is 19.8 Å². The molecule has 0 radical (unpaired) electrons. The zero-order valence-corrected chi connectivity index (χ0v) is 13.5. The van der Waals surface area contributed by atoms with E-state index in [1.165, 1.54) is 6.92 Å². The molecule has 0 aromatic carbocycles. The lowest BCUT2D eigenvalue weighted by atomic mass is 9.96. The number of hydrogen-bond acceptors (Lipinski definition) is 6. The average Bonchev–Trinajstić information content (AvgIpc) is 2.58. The average molecular weight is 321 g/mol. The van der Waals surface area contributed by atoms with Gasteiger partial charge in [0.2, 0.25) is 23.6 Å². The van der Waals surface area contributed by atoms with Gasteiger partial charge in [0.25, 0.3) is 0 Å². The minimum absolute atomic E-state index is 0.00538. The van der Waals surface area contributed by atoms with E-state index < -0.39 is 0 Å². The fourth-order valence-electron chi connectivity index (χ4n) is 2.51. The van der Waals surface area contributed by atoms with Crippen molar-refractivity contribution in [3.05, 3.63) is 12.3 Å². The van der Waals surface area contributed by atoms with Crippen molar-refractivity contribution < 1.29 is 14.3 Å². The van der Waals surface area contributed by atoms with E-state index in [9.17, 15) is 9.59 Å². The van der Waals surface area contributed by atoms with E-state index in [1.54, 1.807) is 19.4 Å². The Morgan fingerprint density at radius 3 is 2.65 bits per heavy atom. The van der Waals surface area contributed by atoms with Gasteiger partial charge in [0.1, 0.15) is 0 Å². The third-order valence-corrected chi connectivity index (χ3v) is 3.77. The van der Waals surface area contributed by atoms with E-state index in [0.717, 1.165) is 25.9 Å². The molecule has 2 heterocycles. The van der Waals surface area contributed by atoms with Gasteiger partial charge in [-0.2, -0.15) is 4.98 Å². The number of piperidine rings is 1. The SMILES string of the molecule is COc1ccnc(N2CCC(C(=O)NCCNC(C)=O)CC2)n1. The Morgan fingerprint density at radius 2 is 2.00 bits per heavy atom. The largest absolute Gasteiger partial charge is 0.481 e. The zero-order valence-electron chi connectivity index (χ0n) is 13.5. The van der Waals surface area contributed by atoms with Crippen LogP contribution < -0.4 is 20.3 Å². The first-order valence-corrected chi connectivity index (χ1v) is 7.74. The first-order valence-electron chi connectivity index (χ1n) is 7.74. The first kappa shape index (κ1) is 17.0. The maximum Gasteiger partial charge on any atom is 0.228 e. The van der Waals surface area contributed by atoms with Gasteiger partial charge in [0, 0.05) is 51.3 Å². The third kappa shape index (κ3) is 5.08. The lowest BCUT2D eigenvalue weighted by molar-refractivity contribution is -0.126.